The number of aromatic nitrogens is 2. The molecule has 1 aromatic heterocycles. The molecule has 0 amide bonds. The molecular formula is C11H10N2O. The lowest BCUT2D eigenvalue weighted by Crippen LogP contribution is -2.28. The molecule has 0 bridgehead atoms. The SMILES string of the molecule is Cc1ccc(-c2ccnc[n+]2[O-])cc1. The van der Waals surface area contributed by atoms with Crippen LogP contribution in [-0.4, -0.2) is 4.98 Å². The summed E-state index contributed by atoms with van der Waals surface area (Å²) in [5.74, 6) is 0. The maximum atomic E-state index is 11.4. The van der Waals surface area contributed by atoms with Gasteiger partial charge < -0.3 is 5.21 Å². The van der Waals surface area contributed by atoms with Crippen LogP contribution in [0.3, 0.4) is 0 Å². The van der Waals surface area contributed by atoms with E-state index in [1.807, 2.05) is 31.2 Å². The van der Waals surface area contributed by atoms with Gasteiger partial charge in [0.2, 0.25) is 0 Å². The van der Waals surface area contributed by atoms with E-state index in [1.54, 1.807) is 12.3 Å². The molecular weight excluding hydrogens is 176 g/mol. The molecule has 0 aliphatic rings. The van der Waals surface area contributed by atoms with Crippen molar-refractivity contribution in [2.24, 2.45) is 0 Å². The van der Waals surface area contributed by atoms with Crippen molar-refractivity contribution in [3.8, 4) is 11.3 Å². The van der Waals surface area contributed by atoms with Crippen molar-refractivity contribution in [2.75, 3.05) is 0 Å². The van der Waals surface area contributed by atoms with E-state index in [4.69, 9.17) is 0 Å². The largest absolute Gasteiger partial charge is 0.710 e. The van der Waals surface area contributed by atoms with Crippen LogP contribution in [0.15, 0.2) is 42.9 Å². The van der Waals surface area contributed by atoms with Gasteiger partial charge in [0, 0.05) is 11.6 Å². The standard InChI is InChI=1S/C11H10N2O/c1-9-2-4-10(5-3-9)11-6-7-12-8-13(11)14/h2-8H,1H3. The molecule has 0 fully saturated rings. The van der Waals surface area contributed by atoms with Crippen molar-refractivity contribution in [3.63, 3.8) is 0 Å². The molecule has 0 aliphatic carbocycles. The van der Waals surface area contributed by atoms with Crippen LogP contribution in [0.25, 0.3) is 11.3 Å². The Bertz CT molecular complexity index is 437. The number of nitrogens with zero attached hydrogens (tertiary/aromatic N) is 2. The van der Waals surface area contributed by atoms with E-state index < -0.39 is 0 Å². The van der Waals surface area contributed by atoms with Crippen LogP contribution in [0, 0.1) is 12.1 Å². The van der Waals surface area contributed by atoms with Crippen LogP contribution in [0.5, 0.6) is 0 Å². The highest BCUT2D eigenvalue weighted by Crippen LogP contribution is 2.14. The van der Waals surface area contributed by atoms with Crippen molar-refractivity contribution in [3.05, 3.63) is 53.6 Å². The van der Waals surface area contributed by atoms with Crippen molar-refractivity contribution >= 4 is 0 Å². The smallest absolute Gasteiger partial charge is 0.289 e. The molecule has 3 heteroatoms. The Balaban J connectivity index is 2.50. The highest BCUT2D eigenvalue weighted by atomic mass is 16.5. The second-order valence-electron chi connectivity index (χ2n) is 3.16. The number of rotatable bonds is 1. The Hall–Kier alpha value is -1.90. The lowest BCUT2D eigenvalue weighted by atomic mass is 10.1. The third-order valence-corrected chi connectivity index (χ3v) is 2.07. The van der Waals surface area contributed by atoms with E-state index in [1.165, 1.54) is 11.9 Å². The molecule has 0 saturated heterocycles. The van der Waals surface area contributed by atoms with Gasteiger partial charge in [-0.25, -0.2) is 4.73 Å². The normalized spacial score (nSPS) is 10.1. The maximum absolute atomic E-state index is 11.4. The summed E-state index contributed by atoms with van der Waals surface area (Å²) in [5, 5.41) is 11.4. The Kier molecular flexibility index (Phi) is 2.14. The fourth-order valence-corrected chi connectivity index (χ4v) is 1.30. The highest BCUT2D eigenvalue weighted by Gasteiger charge is 2.02. The van der Waals surface area contributed by atoms with Gasteiger partial charge in [0.15, 0.2) is 0 Å². The van der Waals surface area contributed by atoms with Crippen LogP contribution in [-0.2, 0) is 0 Å². The van der Waals surface area contributed by atoms with Crippen LogP contribution in [0.4, 0.5) is 0 Å². The van der Waals surface area contributed by atoms with Gasteiger partial charge in [-0.2, -0.15) is 0 Å². The lowest BCUT2D eigenvalue weighted by Gasteiger charge is -2.06. The zero-order chi connectivity index (χ0) is 9.97. The third-order valence-electron chi connectivity index (χ3n) is 2.07. The predicted molar refractivity (Wildman–Crippen MR) is 53.4 cm³/mol. The first-order valence-corrected chi connectivity index (χ1v) is 4.37. The summed E-state index contributed by atoms with van der Waals surface area (Å²) in [7, 11) is 0. The molecule has 1 heterocycles. The second kappa shape index (κ2) is 3.46. The van der Waals surface area contributed by atoms with E-state index in [2.05, 4.69) is 4.98 Å². The van der Waals surface area contributed by atoms with E-state index in [-0.39, 0.29) is 0 Å². The number of aryl methyl sites for hydroxylation is 1. The molecule has 14 heavy (non-hydrogen) atoms. The molecule has 0 saturated carbocycles. The average Bonchev–Trinajstić information content (AvgIpc) is 2.20. The van der Waals surface area contributed by atoms with Gasteiger partial charge in [-0.15, -0.1) is 0 Å². The molecule has 0 N–H and O–H groups in total. The molecule has 70 valence electrons. The van der Waals surface area contributed by atoms with Gasteiger partial charge in [-0.05, 0) is 6.92 Å². The van der Waals surface area contributed by atoms with Crippen molar-refractivity contribution in [1.82, 2.24) is 4.98 Å². The van der Waals surface area contributed by atoms with Crippen molar-refractivity contribution < 1.29 is 4.73 Å². The molecule has 2 aromatic rings. The van der Waals surface area contributed by atoms with Crippen LogP contribution >= 0.6 is 0 Å². The highest BCUT2D eigenvalue weighted by molar-refractivity contribution is 5.55. The fourth-order valence-electron chi connectivity index (χ4n) is 1.30. The van der Waals surface area contributed by atoms with Crippen molar-refractivity contribution in [2.45, 2.75) is 6.92 Å². The van der Waals surface area contributed by atoms with Crippen LogP contribution in [0.1, 0.15) is 5.56 Å². The first kappa shape index (κ1) is 8.69. The molecule has 0 radical (unpaired) electrons. The molecule has 0 unspecified atom stereocenters. The first-order chi connectivity index (χ1) is 6.77. The van der Waals surface area contributed by atoms with Gasteiger partial charge in [0.1, 0.15) is 11.9 Å². The predicted octanol–water partition coefficient (Wildman–Crippen LogP) is 1.69. The quantitative estimate of drug-likeness (QED) is 0.502. The van der Waals surface area contributed by atoms with Gasteiger partial charge in [-0.3, -0.25) is 0 Å². The minimum Gasteiger partial charge on any atom is -0.710 e. The van der Waals surface area contributed by atoms with E-state index in [0.29, 0.717) is 5.69 Å². The minimum absolute atomic E-state index is 0.625. The molecule has 1 aromatic carbocycles. The van der Waals surface area contributed by atoms with E-state index in [0.717, 1.165) is 10.3 Å². The summed E-state index contributed by atoms with van der Waals surface area (Å²) in [6, 6.07) is 9.53. The fraction of sp³-hybridized carbons (Fsp3) is 0.0909. The third kappa shape index (κ3) is 1.57. The Morgan fingerprint density at radius 3 is 2.50 bits per heavy atom. The molecule has 0 spiro atoms. The van der Waals surface area contributed by atoms with Gasteiger partial charge in [0.05, 0.1) is 0 Å². The second-order valence-corrected chi connectivity index (χ2v) is 3.16. The average molecular weight is 186 g/mol. The summed E-state index contributed by atoms with van der Waals surface area (Å²) in [4.78, 5) is 3.74. The summed E-state index contributed by atoms with van der Waals surface area (Å²) in [5.41, 5.74) is 2.72. The number of hydrogen-bond donors (Lipinski definition) is 0. The minimum atomic E-state index is 0.625. The van der Waals surface area contributed by atoms with E-state index >= 15 is 0 Å². The Morgan fingerprint density at radius 2 is 1.86 bits per heavy atom. The number of hydrogen-bond acceptors (Lipinski definition) is 2. The molecule has 0 aliphatic heterocycles. The summed E-state index contributed by atoms with van der Waals surface area (Å²) in [6.07, 6.45) is 2.87. The van der Waals surface area contributed by atoms with Gasteiger partial charge in [0.25, 0.3) is 6.33 Å². The van der Waals surface area contributed by atoms with Crippen LogP contribution in [0.2, 0.25) is 0 Å². The maximum Gasteiger partial charge on any atom is 0.289 e. The Morgan fingerprint density at radius 1 is 1.14 bits per heavy atom. The molecule has 0 atom stereocenters. The van der Waals surface area contributed by atoms with E-state index in [9.17, 15) is 5.21 Å². The zero-order valence-electron chi connectivity index (χ0n) is 7.84. The summed E-state index contributed by atoms with van der Waals surface area (Å²) >= 11 is 0. The van der Waals surface area contributed by atoms with Crippen molar-refractivity contribution in [1.29, 1.82) is 0 Å². The molecule has 2 rings (SSSR count). The lowest BCUT2D eigenvalue weighted by molar-refractivity contribution is -0.597. The zero-order valence-corrected chi connectivity index (χ0v) is 7.84. The number of benzene rings is 1. The topological polar surface area (TPSA) is 39.8 Å². The monoisotopic (exact) mass is 186 g/mol. The van der Waals surface area contributed by atoms with Crippen LogP contribution < -0.4 is 4.73 Å². The summed E-state index contributed by atoms with van der Waals surface area (Å²) < 4.78 is 0.769. The molecule has 3 nitrogen and oxygen atoms in total. The van der Waals surface area contributed by atoms with Gasteiger partial charge in [-0.1, -0.05) is 34.8 Å². The Labute approximate surface area is 82.3 Å². The van der Waals surface area contributed by atoms with Gasteiger partial charge >= 0.3 is 0 Å². The summed E-state index contributed by atoms with van der Waals surface area (Å²) in [6.45, 7) is 2.02. The first-order valence-electron chi connectivity index (χ1n) is 4.37.